The minimum absolute atomic E-state index is 0.194. The molecule has 3 rings (SSSR count). The van der Waals surface area contributed by atoms with E-state index in [9.17, 15) is 15.3 Å². The maximum Gasteiger partial charge on any atom is 0.115 e. The number of hydrogen-bond acceptors (Lipinski definition) is 5. The Hall–Kier alpha value is -2.54. The van der Waals surface area contributed by atoms with Crippen molar-refractivity contribution in [2.24, 2.45) is 0 Å². The first-order valence-corrected chi connectivity index (χ1v) is 10.0. The molecule has 5 heteroatoms. The van der Waals surface area contributed by atoms with Crippen LogP contribution in [0.5, 0.6) is 0 Å². The normalized spacial score (nSPS) is 15.3. The monoisotopic (exact) mass is 408 g/mol. The molecule has 4 atom stereocenters. The summed E-state index contributed by atoms with van der Waals surface area (Å²) in [6.45, 7) is -0.0470. The zero-order valence-electron chi connectivity index (χ0n) is 16.7. The second-order valence-electron chi connectivity index (χ2n) is 7.13. The van der Waals surface area contributed by atoms with Crippen molar-refractivity contribution in [1.82, 2.24) is 0 Å². The molecule has 0 heterocycles. The van der Waals surface area contributed by atoms with E-state index >= 15 is 0 Å². The van der Waals surface area contributed by atoms with Crippen LogP contribution in [0.25, 0.3) is 0 Å². The van der Waals surface area contributed by atoms with Crippen molar-refractivity contribution in [3.05, 3.63) is 108 Å². The van der Waals surface area contributed by atoms with Crippen molar-refractivity contribution in [2.75, 3.05) is 6.61 Å². The molecule has 0 saturated heterocycles. The highest BCUT2D eigenvalue weighted by Crippen LogP contribution is 2.28. The van der Waals surface area contributed by atoms with Gasteiger partial charge in [-0.15, -0.1) is 0 Å². The molecule has 30 heavy (non-hydrogen) atoms. The van der Waals surface area contributed by atoms with Crippen LogP contribution in [-0.2, 0) is 22.7 Å². The van der Waals surface area contributed by atoms with Crippen LogP contribution in [0.1, 0.15) is 22.8 Å². The summed E-state index contributed by atoms with van der Waals surface area (Å²) >= 11 is 0. The molecule has 0 aliphatic carbocycles. The van der Waals surface area contributed by atoms with Crippen LogP contribution in [0.15, 0.2) is 91.0 Å². The summed E-state index contributed by atoms with van der Waals surface area (Å²) in [6.07, 6.45) is -4.22. The van der Waals surface area contributed by atoms with E-state index in [1.807, 2.05) is 91.0 Å². The molecular weight excluding hydrogens is 380 g/mol. The highest BCUT2D eigenvalue weighted by molar-refractivity contribution is 5.20. The van der Waals surface area contributed by atoms with E-state index in [1.54, 1.807) is 0 Å². The summed E-state index contributed by atoms with van der Waals surface area (Å²) in [7, 11) is 0. The molecule has 0 saturated carbocycles. The van der Waals surface area contributed by atoms with Gasteiger partial charge in [0.2, 0.25) is 0 Å². The molecule has 158 valence electrons. The topological polar surface area (TPSA) is 79.2 Å². The Morgan fingerprint density at radius 1 is 0.633 bits per heavy atom. The Labute approximate surface area is 177 Å². The predicted molar refractivity (Wildman–Crippen MR) is 115 cm³/mol. The molecule has 5 nitrogen and oxygen atoms in total. The number of aliphatic hydroxyl groups excluding tert-OH is 3. The van der Waals surface area contributed by atoms with Gasteiger partial charge in [0.1, 0.15) is 24.4 Å². The highest BCUT2D eigenvalue weighted by atomic mass is 16.5. The summed E-state index contributed by atoms with van der Waals surface area (Å²) in [6, 6.07) is 28.5. The average Bonchev–Trinajstić information content (AvgIpc) is 2.81. The van der Waals surface area contributed by atoms with Gasteiger partial charge in [-0.3, -0.25) is 0 Å². The smallest absolute Gasteiger partial charge is 0.115 e. The number of hydrogen-bond donors (Lipinski definition) is 3. The molecule has 0 radical (unpaired) electrons. The van der Waals surface area contributed by atoms with Crippen molar-refractivity contribution in [3.8, 4) is 0 Å². The lowest BCUT2D eigenvalue weighted by atomic mass is 9.97. The molecule has 0 aromatic heterocycles. The van der Waals surface area contributed by atoms with Crippen LogP contribution in [0.2, 0.25) is 0 Å². The standard InChI is InChI=1S/C25H28O5/c26-16-22(27)25(30-18-20-12-6-2-7-13-20)23(28)24(21-14-8-3-9-15-21)29-17-19-10-4-1-5-11-19/h1-15,22-28H,16-18H2/t22-,23+,24+,25+/m0/s1. The van der Waals surface area contributed by atoms with Crippen molar-refractivity contribution >= 4 is 0 Å². The zero-order valence-corrected chi connectivity index (χ0v) is 16.7. The van der Waals surface area contributed by atoms with E-state index in [1.165, 1.54) is 0 Å². The van der Waals surface area contributed by atoms with Crippen LogP contribution in [-0.4, -0.2) is 40.2 Å². The molecule has 3 N–H and O–H groups in total. The van der Waals surface area contributed by atoms with Crippen molar-refractivity contribution in [2.45, 2.75) is 37.6 Å². The van der Waals surface area contributed by atoms with E-state index in [4.69, 9.17) is 9.47 Å². The Balaban J connectivity index is 1.78. The van der Waals surface area contributed by atoms with Gasteiger partial charge in [-0.05, 0) is 16.7 Å². The second-order valence-corrected chi connectivity index (χ2v) is 7.13. The molecule has 3 aromatic carbocycles. The quantitative estimate of drug-likeness (QED) is 0.454. The minimum atomic E-state index is -1.25. The fourth-order valence-corrected chi connectivity index (χ4v) is 3.28. The maximum absolute atomic E-state index is 11.2. The molecule has 0 unspecified atom stereocenters. The maximum atomic E-state index is 11.2. The van der Waals surface area contributed by atoms with Gasteiger partial charge in [0.05, 0.1) is 19.8 Å². The molecule has 3 aromatic rings. The van der Waals surface area contributed by atoms with Crippen LogP contribution in [0.3, 0.4) is 0 Å². The van der Waals surface area contributed by atoms with Crippen molar-refractivity contribution < 1.29 is 24.8 Å². The Morgan fingerprint density at radius 3 is 1.60 bits per heavy atom. The van der Waals surface area contributed by atoms with E-state index in [0.717, 1.165) is 16.7 Å². The lowest BCUT2D eigenvalue weighted by molar-refractivity contribution is -0.162. The Morgan fingerprint density at radius 2 is 1.10 bits per heavy atom. The van der Waals surface area contributed by atoms with E-state index in [0.29, 0.717) is 0 Å². The van der Waals surface area contributed by atoms with Gasteiger partial charge in [0.25, 0.3) is 0 Å². The minimum Gasteiger partial charge on any atom is -0.394 e. The fraction of sp³-hybridized carbons (Fsp3) is 0.280. The molecular formula is C25H28O5. The van der Waals surface area contributed by atoms with Crippen molar-refractivity contribution in [1.29, 1.82) is 0 Å². The van der Waals surface area contributed by atoms with Gasteiger partial charge in [-0.25, -0.2) is 0 Å². The largest absolute Gasteiger partial charge is 0.394 e. The molecule has 0 spiro atoms. The van der Waals surface area contributed by atoms with Gasteiger partial charge in [0.15, 0.2) is 0 Å². The Kier molecular flexibility index (Phi) is 8.56. The predicted octanol–water partition coefficient (Wildman–Crippen LogP) is 3.24. The number of aliphatic hydroxyl groups is 3. The third kappa shape index (κ3) is 6.23. The SMILES string of the molecule is OC[C@H](O)[C@@H](OCc1ccccc1)[C@H](O)[C@H](OCc1ccccc1)c1ccccc1. The summed E-state index contributed by atoms with van der Waals surface area (Å²) in [5.74, 6) is 0. The van der Waals surface area contributed by atoms with Gasteiger partial charge in [0, 0.05) is 0 Å². The van der Waals surface area contributed by atoms with Crippen molar-refractivity contribution in [3.63, 3.8) is 0 Å². The highest BCUT2D eigenvalue weighted by Gasteiger charge is 2.35. The summed E-state index contributed by atoms with van der Waals surface area (Å²) in [5.41, 5.74) is 2.63. The van der Waals surface area contributed by atoms with Gasteiger partial charge in [-0.2, -0.15) is 0 Å². The van der Waals surface area contributed by atoms with Gasteiger partial charge >= 0.3 is 0 Å². The van der Waals surface area contributed by atoms with Gasteiger partial charge < -0.3 is 24.8 Å². The summed E-state index contributed by atoms with van der Waals surface area (Å²) in [5, 5.41) is 31.0. The molecule has 0 amide bonds. The zero-order chi connectivity index (χ0) is 21.2. The number of ether oxygens (including phenoxy) is 2. The molecule has 0 aliphatic rings. The fourth-order valence-electron chi connectivity index (χ4n) is 3.28. The molecule has 0 aliphatic heterocycles. The Bertz CT molecular complexity index is 841. The number of rotatable bonds is 11. The molecule has 0 fully saturated rings. The molecule has 0 bridgehead atoms. The van der Waals surface area contributed by atoms with Crippen LogP contribution >= 0.6 is 0 Å². The first-order valence-electron chi connectivity index (χ1n) is 10.0. The third-order valence-corrected chi connectivity index (χ3v) is 4.90. The third-order valence-electron chi connectivity index (χ3n) is 4.90. The first kappa shape index (κ1) is 22.2. The van der Waals surface area contributed by atoms with E-state index in [2.05, 4.69) is 0 Å². The van der Waals surface area contributed by atoms with Crippen LogP contribution in [0.4, 0.5) is 0 Å². The summed E-state index contributed by atoms with van der Waals surface area (Å²) < 4.78 is 11.9. The lowest BCUT2D eigenvalue weighted by Crippen LogP contribution is -2.45. The second kappa shape index (κ2) is 11.6. The number of benzene rings is 3. The first-order chi connectivity index (χ1) is 14.7. The van der Waals surface area contributed by atoms with Gasteiger partial charge in [-0.1, -0.05) is 91.0 Å². The van der Waals surface area contributed by atoms with E-state index in [-0.39, 0.29) is 13.2 Å². The summed E-state index contributed by atoms with van der Waals surface area (Å²) in [4.78, 5) is 0. The van der Waals surface area contributed by atoms with Crippen LogP contribution in [0, 0.1) is 0 Å². The average molecular weight is 408 g/mol. The van der Waals surface area contributed by atoms with E-state index < -0.39 is 31.0 Å². The van der Waals surface area contributed by atoms with Crippen LogP contribution < -0.4 is 0 Å². The lowest BCUT2D eigenvalue weighted by Gasteiger charge is -2.32.